The second-order valence-corrected chi connectivity index (χ2v) is 5.78. The lowest BCUT2D eigenvalue weighted by Crippen LogP contribution is -2.47. The van der Waals surface area contributed by atoms with Crippen LogP contribution >= 0.6 is 0 Å². The molecule has 0 saturated carbocycles. The van der Waals surface area contributed by atoms with E-state index in [-0.39, 0.29) is 0 Å². The number of hydrogen-bond donors (Lipinski definition) is 1. The number of hydrogen-bond acceptors (Lipinski definition) is 3. The number of aliphatic hydroxyl groups excluding tert-OH is 1. The Kier molecular flexibility index (Phi) is 5.83. The molecule has 1 saturated heterocycles. The average Bonchev–Trinajstić information content (AvgIpc) is 2.49. The minimum Gasteiger partial charge on any atom is -0.387 e. The summed E-state index contributed by atoms with van der Waals surface area (Å²) in [5, 5.41) is 10.2. The fourth-order valence-electron chi connectivity index (χ4n) is 2.78. The Hall–Kier alpha value is -1.11. The molecule has 22 heavy (non-hydrogen) atoms. The predicted octanol–water partition coefficient (Wildman–Crippen LogP) is 2.77. The van der Waals surface area contributed by atoms with Crippen LogP contribution in [0.3, 0.4) is 0 Å². The smallest absolute Gasteiger partial charge is 0.387 e. The molecule has 1 aliphatic heterocycles. The van der Waals surface area contributed by atoms with Crippen LogP contribution in [0.5, 0.6) is 0 Å². The molecule has 1 unspecified atom stereocenters. The summed E-state index contributed by atoms with van der Waals surface area (Å²) in [6, 6.07) is 4.96. The minimum absolute atomic E-state index is 0.325. The van der Waals surface area contributed by atoms with Crippen LogP contribution in [-0.2, 0) is 6.18 Å². The van der Waals surface area contributed by atoms with E-state index in [4.69, 9.17) is 0 Å². The minimum atomic E-state index is -4.37. The highest BCUT2D eigenvalue weighted by Gasteiger charge is 2.31. The Labute approximate surface area is 129 Å². The fraction of sp³-hybridized carbons (Fsp3) is 0.625. The number of β-amino-alcohol motifs (C(OH)–C–C–N with tert-alkyl or cyclic N) is 1. The number of alkyl halides is 3. The summed E-state index contributed by atoms with van der Waals surface area (Å²) in [5.74, 6) is 0. The Morgan fingerprint density at radius 2 is 1.77 bits per heavy atom. The third-order valence-electron chi connectivity index (χ3n) is 4.03. The van der Waals surface area contributed by atoms with Gasteiger partial charge in [0, 0.05) is 32.7 Å². The van der Waals surface area contributed by atoms with Gasteiger partial charge in [0.25, 0.3) is 0 Å². The first-order valence-electron chi connectivity index (χ1n) is 7.70. The fourth-order valence-corrected chi connectivity index (χ4v) is 2.78. The Bertz CT molecular complexity index is 471. The third kappa shape index (κ3) is 4.69. The molecule has 1 aromatic rings. The third-order valence-corrected chi connectivity index (χ3v) is 4.03. The van der Waals surface area contributed by atoms with E-state index in [1.165, 1.54) is 6.07 Å². The standard InChI is InChI=1S/C16H23F3N2O/c1-2-6-20-7-9-21(10-8-20)12-15(22)13-4-3-5-14(11-13)16(17,18)19/h3-5,11,15,22H,2,6-10,12H2,1H3. The number of benzene rings is 1. The molecule has 1 N–H and O–H groups in total. The van der Waals surface area contributed by atoms with Gasteiger partial charge in [-0.25, -0.2) is 0 Å². The van der Waals surface area contributed by atoms with Gasteiger partial charge >= 0.3 is 6.18 Å². The second kappa shape index (κ2) is 7.44. The van der Waals surface area contributed by atoms with Gasteiger partial charge in [-0.3, -0.25) is 4.90 Å². The van der Waals surface area contributed by atoms with Crippen LogP contribution in [0.1, 0.15) is 30.6 Å². The highest BCUT2D eigenvalue weighted by Crippen LogP contribution is 2.30. The first kappa shape index (κ1) is 17.2. The molecule has 1 aromatic carbocycles. The summed E-state index contributed by atoms with van der Waals surface area (Å²) >= 11 is 0. The van der Waals surface area contributed by atoms with Gasteiger partial charge in [0.2, 0.25) is 0 Å². The predicted molar refractivity (Wildman–Crippen MR) is 79.6 cm³/mol. The molecular weight excluding hydrogens is 293 g/mol. The second-order valence-electron chi connectivity index (χ2n) is 5.78. The molecule has 3 nitrogen and oxygen atoms in total. The monoisotopic (exact) mass is 316 g/mol. The summed E-state index contributed by atoms with van der Waals surface area (Å²) in [6.45, 7) is 7.17. The maximum absolute atomic E-state index is 12.7. The molecule has 124 valence electrons. The zero-order chi connectivity index (χ0) is 16.2. The van der Waals surface area contributed by atoms with Gasteiger partial charge in [-0.2, -0.15) is 13.2 Å². The zero-order valence-electron chi connectivity index (χ0n) is 12.8. The lowest BCUT2D eigenvalue weighted by Gasteiger charge is -2.35. The summed E-state index contributed by atoms with van der Waals surface area (Å²) in [4.78, 5) is 4.48. The Morgan fingerprint density at radius 1 is 1.14 bits per heavy atom. The topological polar surface area (TPSA) is 26.7 Å². The van der Waals surface area contributed by atoms with Crippen molar-refractivity contribution in [2.24, 2.45) is 0 Å². The SMILES string of the molecule is CCCN1CCN(CC(O)c2cccc(C(F)(F)F)c2)CC1. The van der Waals surface area contributed by atoms with Gasteiger partial charge in [-0.05, 0) is 30.7 Å². The molecule has 0 aromatic heterocycles. The number of rotatable bonds is 5. The highest BCUT2D eigenvalue weighted by molar-refractivity contribution is 5.27. The van der Waals surface area contributed by atoms with Crippen LogP contribution in [0, 0.1) is 0 Å². The van der Waals surface area contributed by atoms with Crippen molar-refractivity contribution < 1.29 is 18.3 Å². The van der Waals surface area contributed by atoms with Crippen molar-refractivity contribution in [3.8, 4) is 0 Å². The van der Waals surface area contributed by atoms with Crippen molar-refractivity contribution in [2.75, 3.05) is 39.3 Å². The van der Waals surface area contributed by atoms with Crippen LogP contribution in [-0.4, -0.2) is 54.2 Å². The summed E-state index contributed by atoms with van der Waals surface area (Å²) in [5.41, 5.74) is -0.386. The van der Waals surface area contributed by atoms with Crippen molar-refractivity contribution in [3.05, 3.63) is 35.4 Å². The molecule has 0 bridgehead atoms. The summed E-state index contributed by atoms with van der Waals surface area (Å²) in [7, 11) is 0. The molecule has 0 amide bonds. The van der Waals surface area contributed by atoms with E-state index in [9.17, 15) is 18.3 Å². The van der Waals surface area contributed by atoms with E-state index < -0.39 is 17.8 Å². The number of piperazine rings is 1. The maximum atomic E-state index is 12.7. The number of aliphatic hydroxyl groups is 1. The summed E-state index contributed by atoms with van der Waals surface area (Å²) in [6.07, 6.45) is -4.14. The zero-order valence-corrected chi connectivity index (χ0v) is 12.8. The van der Waals surface area contributed by atoms with Crippen LogP contribution in [0.25, 0.3) is 0 Å². The van der Waals surface area contributed by atoms with Crippen molar-refractivity contribution in [2.45, 2.75) is 25.6 Å². The lowest BCUT2D eigenvalue weighted by atomic mass is 10.0. The Morgan fingerprint density at radius 3 is 2.36 bits per heavy atom. The first-order chi connectivity index (χ1) is 10.4. The van der Waals surface area contributed by atoms with E-state index in [0.29, 0.717) is 12.1 Å². The molecule has 1 aliphatic rings. The van der Waals surface area contributed by atoms with E-state index in [0.717, 1.165) is 51.3 Å². The van der Waals surface area contributed by atoms with Gasteiger partial charge in [0.15, 0.2) is 0 Å². The quantitative estimate of drug-likeness (QED) is 0.905. The van der Waals surface area contributed by atoms with E-state index >= 15 is 0 Å². The molecule has 1 fully saturated rings. The lowest BCUT2D eigenvalue weighted by molar-refractivity contribution is -0.137. The van der Waals surface area contributed by atoms with Gasteiger partial charge in [-0.15, -0.1) is 0 Å². The largest absolute Gasteiger partial charge is 0.416 e. The normalized spacial score (nSPS) is 19.3. The maximum Gasteiger partial charge on any atom is 0.416 e. The molecule has 1 heterocycles. The molecule has 1 atom stereocenters. The molecule has 2 rings (SSSR count). The van der Waals surface area contributed by atoms with Gasteiger partial charge < -0.3 is 10.0 Å². The molecule has 0 spiro atoms. The van der Waals surface area contributed by atoms with E-state index in [2.05, 4.69) is 16.7 Å². The van der Waals surface area contributed by atoms with E-state index in [1.54, 1.807) is 6.07 Å². The van der Waals surface area contributed by atoms with Crippen molar-refractivity contribution in [1.29, 1.82) is 0 Å². The van der Waals surface area contributed by atoms with Crippen molar-refractivity contribution >= 4 is 0 Å². The highest BCUT2D eigenvalue weighted by atomic mass is 19.4. The first-order valence-corrected chi connectivity index (χ1v) is 7.70. The molecule has 6 heteroatoms. The van der Waals surface area contributed by atoms with Gasteiger partial charge in [0.05, 0.1) is 11.7 Å². The van der Waals surface area contributed by atoms with Gasteiger partial charge in [0.1, 0.15) is 0 Å². The molecule has 0 radical (unpaired) electrons. The van der Waals surface area contributed by atoms with Crippen LogP contribution in [0.15, 0.2) is 24.3 Å². The van der Waals surface area contributed by atoms with Crippen LogP contribution in [0.4, 0.5) is 13.2 Å². The van der Waals surface area contributed by atoms with Crippen molar-refractivity contribution in [1.82, 2.24) is 9.80 Å². The van der Waals surface area contributed by atoms with Crippen molar-refractivity contribution in [3.63, 3.8) is 0 Å². The number of nitrogens with zero attached hydrogens (tertiary/aromatic N) is 2. The molecule has 0 aliphatic carbocycles. The van der Waals surface area contributed by atoms with Crippen LogP contribution < -0.4 is 0 Å². The Balaban J connectivity index is 1.91. The average molecular weight is 316 g/mol. The van der Waals surface area contributed by atoms with Crippen LogP contribution in [0.2, 0.25) is 0 Å². The van der Waals surface area contributed by atoms with Gasteiger partial charge in [-0.1, -0.05) is 19.1 Å². The van der Waals surface area contributed by atoms with E-state index in [1.807, 2.05) is 0 Å². The summed E-state index contributed by atoms with van der Waals surface area (Å²) < 4.78 is 38.1. The number of halogens is 3. The molecular formula is C16H23F3N2O.